The predicted molar refractivity (Wildman–Crippen MR) is 64.8 cm³/mol. The maximum absolute atomic E-state index is 4.47. The maximum atomic E-state index is 4.47. The zero-order chi connectivity index (χ0) is 11.3. The number of nitrogens with one attached hydrogen (secondary N) is 1. The molecule has 0 spiro atoms. The molecule has 1 atom stereocenters. The van der Waals surface area contributed by atoms with Gasteiger partial charge in [0.05, 0.1) is 11.7 Å². The van der Waals surface area contributed by atoms with Crippen molar-refractivity contribution in [2.45, 2.75) is 39.7 Å². The lowest BCUT2D eigenvalue weighted by atomic mass is 9.91. The van der Waals surface area contributed by atoms with E-state index in [-0.39, 0.29) is 0 Å². The molecule has 1 N–H and O–H groups in total. The molecular weight excluding hydrogens is 184 g/mol. The number of hydrogen-bond acceptors (Lipinski definition) is 2. The third-order valence-corrected chi connectivity index (χ3v) is 3.09. The van der Waals surface area contributed by atoms with Crippen LogP contribution in [0, 0.1) is 12.8 Å². The third-order valence-electron chi connectivity index (χ3n) is 3.09. The van der Waals surface area contributed by atoms with E-state index < -0.39 is 0 Å². The summed E-state index contributed by atoms with van der Waals surface area (Å²) < 4.78 is 0. The van der Waals surface area contributed by atoms with Crippen molar-refractivity contribution in [2.75, 3.05) is 7.05 Å². The molecule has 2 heteroatoms. The van der Waals surface area contributed by atoms with Crippen molar-refractivity contribution in [1.29, 1.82) is 0 Å². The Morgan fingerprint density at radius 3 is 2.47 bits per heavy atom. The van der Waals surface area contributed by atoms with Crippen LogP contribution in [-0.2, 0) is 0 Å². The van der Waals surface area contributed by atoms with E-state index in [1.54, 1.807) is 0 Å². The van der Waals surface area contributed by atoms with E-state index in [4.69, 9.17) is 0 Å². The van der Waals surface area contributed by atoms with Crippen molar-refractivity contribution < 1.29 is 0 Å². The van der Waals surface area contributed by atoms with E-state index in [0.717, 1.165) is 0 Å². The first-order chi connectivity index (χ1) is 7.22. The summed E-state index contributed by atoms with van der Waals surface area (Å²) in [5.74, 6) is 0.671. The van der Waals surface area contributed by atoms with Gasteiger partial charge in [0, 0.05) is 6.20 Å². The van der Waals surface area contributed by atoms with Crippen LogP contribution in [0.4, 0.5) is 0 Å². The number of nitrogens with zero attached hydrogens (tertiary/aromatic N) is 1. The number of pyridine rings is 1. The summed E-state index contributed by atoms with van der Waals surface area (Å²) in [7, 11) is 2.02. The van der Waals surface area contributed by atoms with Crippen LogP contribution in [-0.4, -0.2) is 12.0 Å². The van der Waals surface area contributed by atoms with E-state index >= 15 is 0 Å². The average molecular weight is 206 g/mol. The largest absolute Gasteiger partial charge is 0.311 e. The predicted octanol–water partition coefficient (Wildman–Crippen LogP) is 3.09. The van der Waals surface area contributed by atoms with Crippen LogP contribution in [0.3, 0.4) is 0 Å². The Morgan fingerprint density at radius 1 is 1.33 bits per heavy atom. The van der Waals surface area contributed by atoms with E-state index in [2.05, 4.69) is 37.1 Å². The summed E-state index contributed by atoms with van der Waals surface area (Å²) in [6.07, 6.45) is 4.28. The van der Waals surface area contributed by atoms with Crippen LogP contribution in [0.15, 0.2) is 18.3 Å². The van der Waals surface area contributed by atoms with Gasteiger partial charge in [0.25, 0.3) is 0 Å². The molecule has 0 aliphatic carbocycles. The molecule has 1 aromatic rings. The number of aryl methyl sites for hydroxylation is 1. The second-order valence-corrected chi connectivity index (χ2v) is 4.10. The minimum absolute atomic E-state index is 0.389. The molecule has 1 unspecified atom stereocenters. The Kier molecular flexibility index (Phi) is 4.76. The zero-order valence-corrected chi connectivity index (χ0v) is 10.2. The number of rotatable bonds is 5. The molecule has 15 heavy (non-hydrogen) atoms. The van der Waals surface area contributed by atoms with E-state index in [1.165, 1.54) is 24.1 Å². The summed E-state index contributed by atoms with van der Waals surface area (Å²) >= 11 is 0. The monoisotopic (exact) mass is 206 g/mol. The Hall–Kier alpha value is -0.890. The van der Waals surface area contributed by atoms with Crippen molar-refractivity contribution in [3.63, 3.8) is 0 Å². The Bertz CT molecular complexity index is 292. The summed E-state index contributed by atoms with van der Waals surface area (Å²) in [5, 5.41) is 3.38. The van der Waals surface area contributed by atoms with Crippen LogP contribution in [0.2, 0.25) is 0 Å². The minimum Gasteiger partial charge on any atom is -0.311 e. The molecule has 0 aliphatic heterocycles. The van der Waals surface area contributed by atoms with Gasteiger partial charge >= 0.3 is 0 Å². The molecule has 1 rings (SSSR count). The lowest BCUT2D eigenvalue weighted by Gasteiger charge is -2.24. The normalized spacial score (nSPS) is 13.1. The minimum atomic E-state index is 0.389. The van der Waals surface area contributed by atoms with Gasteiger partial charge in [-0.25, -0.2) is 0 Å². The van der Waals surface area contributed by atoms with Gasteiger partial charge in [0.1, 0.15) is 0 Å². The molecule has 1 aromatic heterocycles. The van der Waals surface area contributed by atoms with E-state index in [9.17, 15) is 0 Å². The third kappa shape index (κ3) is 3.03. The average Bonchev–Trinajstić information content (AvgIpc) is 2.25. The van der Waals surface area contributed by atoms with Crippen LogP contribution in [0.1, 0.15) is 44.0 Å². The first-order valence-electron chi connectivity index (χ1n) is 5.82. The van der Waals surface area contributed by atoms with Crippen LogP contribution >= 0.6 is 0 Å². The molecular formula is C13H22N2. The first-order valence-corrected chi connectivity index (χ1v) is 5.82. The second kappa shape index (κ2) is 5.86. The Morgan fingerprint density at radius 2 is 2.00 bits per heavy atom. The molecule has 0 saturated carbocycles. The van der Waals surface area contributed by atoms with E-state index in [1.807, 2.05) is 19.3 Å². The van der Waals surface area contributed by atoms with Crippen molar-refractivity contribution in [3.8, 4) is 0 Å². The molecule has 0 aliphatic rings. The molecule has 0 bridgehead atoms. The smallest absolute Gasteiger partial charge is 0.0578 e. The fraction of sp³-hybridized carbons (Fsp3) is 0.615. The fourth-order valence-corrected chi connectivity index (χ4v) is 2.11. The van der Waals surface area contributed by atoms with Gasteiger partial charge in [-0.15, -0.1) is 0 Å². The van der Waals surface area contributed by atoms with Crippen LogP contribution in [0.25, 0.3) is 0 Å². The van der Waals surface area contributed by atoms with Crippen molar-refractivity contribution in [3.05, 3.63) is 29.6 Å². The highest BCUT2D eigenvalue weighted by Gasteiger charge is 2.19. The molecule has 1 heterocycles. The summed E-state index contributed by atoms with van der Waals surface area (Å²) in [6.45, 7) is 6.60. The SMILES string of the molecule is CCC(CC)C(NC)c1cc(C)ccn1. The summed E-state index contributed by atoms with van der Waals surface area (Å²) in [4.78, 5) is 4.47. The van der Waals surface area contributed by atoms with Gasteiger partial charge in [-0.2, -0.15) is 0 Å². The lowest BCUT2D eigenvalue weighted by molar-refractivity contribution is 0.353. The van der Waals surface area contributed by atoms with Crippen LogP contribution < -0.4 is 5.32 Å². The van der Waals surface area contributed by atoms with Crippen molar-refractivity contribution in [1.82, 2.24) is 10.3 Å². The van der Waals surface area contributed by atoms with Gasteiger partial charge in [0.15, 0.2) is 0 Å². The zero-order valence-electron chi connectivity index (χ0n) is 10.2. The topological polar surface area (TPSA) is 24.9 Å². The molecule has 2 nitrogen and oxygen atoms in total. The fourth-order valence-electron chi connectivity index (χ4n) is 2.11. The highest BCUT2D eigenvalue weighted by atomic mass is 14.9. The lowest BCUT2D eigenvalue weighted by Crippen LogP contribution is -2.25. The molecule has 0 amide bonds. The Balaban J connectivity index is 2.90. The van der Waals surface area contributed by atoms with E-state index in [0.29, 0.717) is 12.0 Å². The first kappa shape index (κ1) is 12.2. The number of hydrogen-bond donors (Lipinski definition) is 1. The van der Waals surface area contributed by atoms with Crippen molar-refractivity contribution >= 4 is 0 Å². The molecule has 84 valence electrons. The molecule has 0 fully saturated rings. The molecule has 0 aromatic carbocycles. The van der Waals surface area contributed by atoms with Gasteiger partial charge < -0.3 is 5.32 Å². The standard InChI is InChI=1S/C13H22N2/c1-5-11(6-2)13(14-4)12-9-10(3)7-8-15-12/h7-9,11,13-14H,5-6H2,1-4H3. The summed E-state index contributed by atoms with van der Waals surface area (Å²) in [6, 6.07) is 4.61. The van der Waals surface area contributed by atoms with Crippen LogP contribution in [0.5, 0.6) is 0 Å². The van der Waals surface area contributed by atoms with Gasteiger partial charge in [-0.05, 0) is 37.6 Å². The molecule has 0 radical (unpaired) electrons. The van der Waals surface area contributed by atoms with Gasteiger partial charge in [0.2, 0.25) is 0 Å². The van der Waals surface area contributed by atoms with Crippen molar-refractivity contribution in [2.24, 2.45) is 5.92 Å². The number of aromatic nitrogens is 1. The van der Waals surface area contributed by atoms with Gasteiger partial charge in [-0.1, -0.05) is 26.7 Å². The Labute approximate surface area is 93.1 Å². The highest BCUT2D eigenvalue weighted by molar-refractivity contribution is 5.17. The second-order valence-electron chi connectivity index (χ2n) is 4.10. The van der Waals surface area contributed by atoms with Gasteiger partial charge in [-0.3, -0.25) is 4.98 Å². The summed E-state index contributed by atoms with van der Waals surface area (Å²) in [5.41, 5.74) is 2.46. The maximum Gasteiger partial charge on any atom is 0.0578 e. The highest BCUT2D eigenvalue weighted by Crippen LogP contribution is 2.25. The quantitative estimate of drug-likeness (QED) is 0.800. The molecule has 0 saturated heterocycles.